The number of hydrogen-bond acceptors (Lipinski definition) is 3. The van der Waals surface area contributed by atoms with Crippen molar-refractivity contribution < 1.29 is 0 Å². The maximum atomic E-state index is 3.53. The number of rotatable bonds is 1. The standard InChI is InChI=1S/C3H5N4/c1-4-7-3-2-5-6-7/h2-4H,1H2. The Kier molecular flexibility index (Phi) is 0.934. The third-order valence-electron chi connectivity index (χ3n) is 0.585. The summed E-state index contributed by atoms with van der Waals surface area (Å²) in [6.45, 7) is 0. The SMILES string of the molecule is [CH2]Nn1ccnn1. The van der Waals surface area contributed by atoms with Gasteiger partial charge in [0.15, 0.2) is 0 Å². The molecule has 1 heterocycles. The van der Waals surface area contributed by atoms with Crippen molar-refractivity contribution in [2.75, 3.05) is 5.43 Å². The van der Waals surface area contributed by atoms with Gasteiger partial charge in [-0.15, -0.1) is 5.10 Å². The number of nitrogens with zero attached hydrogens (tertiary/aromatic N) is 3. The quantitative estimate of drug-likeness (QED) is 0.519. The van der Waals surface area contributed by atoms with Gasteiger partial charge in [-0.1, -0.05) is 0 Å². The van der Waals surface area contributed by atoms with E-state index in [0.717, 1.165) is 0 Å². The molecular weight excluding hydrogens is 92.1 g/mol. The van der Waals surface area contributed by atoms with E-state index in [4.69, 9.17) is 0 Å². The van der Waals surface area contributed by atoms with E-state index in [0.29, 0.717) is 0 Å². The van der Waals surface area contributed by atoms with Gasteiger partial charge in [-0.05, 0) is 5.21 Å². The molecule has 1 radical (unpaired) electrons. The number of nitrogens with one attached hydrogen (secondary N) is 1. The fourth-order valence-corrected chi connectivity index (χ4v) is 0.293. The first-order valence-corrected chi connectivity index (χ1v) is 1.83. The molecule has 4 nitrogen and oxygen atoms in total. The molecule has 0 aliphatic carbocycles. The molecule has 0 saturated carbocycles. The van der Waals surface area contributed by atoms with E-state index in [2.05, 4.69) is 22.8 Å². The number of aromatic nitrogens is 3. The van der Waals surface area contributed by atoms with Gasteiger partial charge in [0.2, 0.25) is 0 Å². The van der Waals surface area contributed by atoms with Crippen LogP contribution in [0.2, 0.25) is 0 Å². The van der Waals surface area contributed by atoms with Crippen LogP contribution in [0.3, 0.4) is 0 Å². The average molecular weight is 97.1 g/mol. The Labute approximate surface area is 41.1 Å². The van der Waals surface area contributed by atoms with Crippen molar-refractivity contribution in [3.05, 3.63) is 19.4 Å². The van der Waals surface area contributed by atoms with Gasteiger partial charge in [0.1, 0.15) is 0 Å². The molecule has 1 aromatic rings. The van der Waals surface area contributed by atoms with Crippen molar-refractivity contribution in [2.45, 2.75) is 0 Å². The highest BCUT2D eigenvalue weighted by Crippen LogP contribution is 1.68. The molecule has 37 valence electrons. The molecular formula is C3H5N4. The Balaban J connectivity index is 2.76. The van der Waals surface area contributed by atoms with E-state index in [1.165, 1.54) is 4.79 Å². The highest BCUT2D eigenvalue weighted by molar-refractivity contribution is 4.69. The molecule has 1 aromatic heterocycles. The summed E-state index contributed by atoms with van der Waals surface area (Å²) in [4.78, 5) is 1.40. The summed E-state index contributed by atoms with van der Waals surface area (Å²) in [5, 5.41) is 7.03. The molecule has 0 atom stereocenters. The molecule has 0 unspecified atom stereocenters. The summed E-state index contributed by atoms with van der Waals surface area (Å²) in [6.07, 6.45) is 3.23. The second-order valence-corrected chi connectivity index (χ2v) is 1.01. The normalized spacial score (nSPS) is 8.71. The van der Waals surface area contributed by atoms with Crippen LogP contribution in [0.4, 0.5) is 0 Å². The average Bonchev–Trinajstić information content (AvgIpc) is 2.14. The molecule has 0 spiro atoms. The zero-order valence-electron chi connectivity index (χ0n) is 3.70. The third kappa shape index (κ3) is 0.677. The van der Waals surface area contributed by atoms with Crippen LogP contribution < -0.4 is 5.43 Å². The molecule has 0 amide bonds. The second kappa shape index (κ2) is 1.59. The van der Waals surface area contributed by atoms with Crippen molar-refractivity contribution in [3.8, 4) is 0 Å². The minimum absolute atomic E-state index is 1.40. The highest BCUT2D eigenvalue weighted by Gasteiger charge is 1.77. The summed E-state index contributed by atoms with van der Waals surface area (Å²) in [6, 6.07) is 0. The van der Waals surface area contributed by atoms with Crippen molar-refractivity contribution >= 4 is 0 Å². The summed E-state index contributed by atoms with van der Waals surface area (Å²) in [5.41, 5.74) is 2.50. The van der Waals surface area contributed by atoms with E-state index in [9.17, 15) is 0 Å². The fraction of sp³-hybridized carbons (Fsp3) is 0. The van der Waals surface area contributed by atoms with Gasteiger partial charge in [-0.25, -0.2) is 0 Å². The lowest BCUT2D eigenvalue weighted by atomic mass is 11.0. The summed E-state index contributed by atoms with van der Waals surface area (Å²) >= 11 is 0. The van der Waals surface area contributed by atoms with Gasteiger partial charge in [0.05, 0.1) is 19.4 Å². The molecule has 0 fully saturated rings. The first-order valence-electron chi connectivity index (χ1n) is 1.83. The van der Waals surface area contributed by atoms with Gasteiger partial charge in [-0.3, -0.25) is 0 Å². The van der Waals surface area contributed by atoms with Crippen molar-refractivity contribution in [2.24, 2.45) is 0 Å². The van der Waals surface area contributed by atoms with E-state index in [1.807, 2.05) is 0 Å². The lowest BCUT2D eigenvalue weighted by molar-refractivity contribution is 0.740. The zero-order chi connectivity index (χ0) is 5.11. The molecule has 1 N–H and O–H groups in total. The predicted molar refractivity (Wildman–Crippen MR) is 24.7 cm³/mol. The van der Waals surface area contributed by atoms with Crippen LogP contribution in [-0.4, -0.2) is 15.1 Å². The van der Waals surface area contributed by atoms with Crippen LogP contribution in [0.25, 0.3) is 0 Å². The van der Waals surface area contributed by atoms with Crippen molar-refractivity contribution in [1.82, 2.24) is 15.1 Å². The van der Waals surface area contributed by atoms with Gasteiger partial charge in [-0.2, -0.15) is 4.79 Å². The molecule has 7 heavy (non-hydrogen) atoms. The Bertz CT molecular complexity index is 121. The van der Waals surface area contributed by atoms with Crippen molar-refractivity contribution in [1.29, 1.82) is 0 Å². The van der Waals surface area contributed by atoms with Crippen LogP contribution in [0.5, 0.6) is 0 Å². The van der Waals surface area contributed by atoms with Gasteiger partial charge in [0.25, 0.3) is 0 Å². The topological polar surface area (TPSA) is 42.7 Å². The molecule has 4 heteroatoms. The summed E-state index contributed by atoms with van der Waals surface area (Å²) in [7, 11) is 3.34. The van der Waals surface area contributed by atoms with Crippen LogP contribution in [0.15, 0.2) is 12.4 Å². The minimum atomic E-state index is 1.40. The largest absolute Gasteiger partial charge is 0.307 e. The zero-order valence-corrected chi connectivity index (χ0v) is 3.70. The molecule has 0 bridgehead atoms. The van der Waals surface area contributed by atoms with Gasteiger partial charge < -0.3 is 5.43 Å². The Hall–Kier alpha value is -1.06. The molecule has 0 aromatic carbocycles. The van der Waals surface area contributed by atoms with Crippen LogP contribution in [0, 0.1) is 7.05 Å². The Morgan fingerprint density at radius 1 is 1.71 bits per heavy atom. The van der Waals surface area contributed by atoms with Crippen LogP contribution in [-0.2, 0) is 0 Å². The smallest absolute Gasteiger partial charge is 0.0715 e. The fourth-order valence-electron chi connectivity index (χ4n) is 0.293. The van der Waals surface area contributed by atoms with E-state index >= 15 is 0 Å². The van der Waals surface area contributed by atoms with Crippen LogP contribution in [0.1, 0.15) is 0 Å². The third-order valence-corrected chi connectivity index (χ3v) is 0.585. The van der Waals surface area contributed by atoms with E-state index < -0.39 is 0 Å². The van der Waals surface area contributed by atoms with Gasteiger partial charge in [0, 0.05) is 0 Å². The summed E-state index contributed by atoms with van der Waals surface area (Å²) < 4.78 is 0. The highest BCUT2D eigenvalue weighted by atomic mass is 15.6. The first-order chi connectivity index (χ1) is 3.43. The van der Waals surface area contributed by atoms with Crippen LogP contribution >= 0.6 is 0 Å². The van der Waals surface area contributed by atoms with Gasteiger partial charge >= 0.3 is 0 Å². The maximum Gasteiger partial charge on any atom is 0.0715 e. The molecule has 0 aliphatic rings. The lowest BCUT2D eigenvalue weighted by Crippen LogP contribution is -2.06. The molecule has 0 saturated heterocycles. The molecule has 0 aliphatic heterocycles. The Morgan fingerprint density at radius 3 is 2.86 bits per heavy atom. The predicted octanol–water partition coefficient (Wildman–Crippen LogP) is -0.387. The second-order valence-electron chi connectivity index (χ2n) is 1.01. The van der Waals surface area contributed by atoms with E-state index in [-0.39, 0.29) is 0 Å². The Morgan fingerprint density at radius 2 is 2.57 bits per heavy atom. The van der Waals surface area contributed by atoms with Crippen molar-refractivity contribution in [3.63, 3.8) is 0 Å². The number of hydrogen-bond donors (Lipinski definition) is 1. The lowest BCUT2D eigenvalue weighted by Gasteiger charge is -1.90. The monoisotopic (exact) mass is 97.1 g/mol. The maximum absolute atomic E-state index is 3.53. The molecule has 1 rings (SSSR count). The summed E-state index contributed by atoms with van der Waals surface area (Å²) in [5.74, 6) is 0. The minimum Gasteiger partial charge on any atom is -0.307 e. The first kappa shape index (κ1) is 4.11. The van der Waals surface area contributed by atoms with E-state index in [1.54, 1.807) is 12.4 Å².